The lowest BCUT2D eigenvalue weighted by Crippen LogP contribution is -2.44. The average molecular weight is 246 g/mol. The van der Waals surface area contributed by atoms with Gasteiger partial charge in [-0.3, -0.25) is 4.79 Å². The molecule has 0 N–H and O–H groups in total. The van der Waals surface area contributed by atoms with E-state index in [-0.39, 0.29) is 12.0 Å². The van der Waals surface area contributed by atoms with E-state index < -0.39 is 11.4 Å². The lowest BCUT2D eigenvalue weighted by atomic mass is 9.85. The third-order valence-corrected chi connectivity index (χ3v) is 3.96. The Morgan fingerprint density at radius 3 is 2.62 bits per heavy atom. The van der Waals surface area contributed by atoms with Gasteiger partial charge in [-0.25, -0.2) is 4.79 Å². The monoisotopic (exact) mass is 245 g/mol. The number of amides is 1. The molecule has 1 amide bonds. The Morgan fingerprint density at radius 1 is 1.31 bits per heavy atom. The minimum atomic E-state index is -0.523. The van der Waals surface area contributed by atoms with Crippen molar-refractivity contribution in [3.05, 3.63) is 0 Å². The summed E-state index contributed by atoms with van der Waals surface area (Å²) in [5.41, 5.74) is 0. The van der Waals surface area contributed by atoms with E-state index in [9.17, 15) is 9.59 Å². The summed E-state index contributed by atoms with van der Waals surface area (Å²) < 4.78 is 4.73. The molecule has 5 heteroatoms. The molecule has 2 aliphatic rings. The van der Waals surface area contributed by atoms with Crippen LogP contribution in [-0.4, -0.2) is 35.4 Å². The van der Waals surface area contributed by atoms with Crippen LogP contribution in [0.1, 0.15) is 32.1 Å². The van der Waals surface area contributed by atoms with Gasteiger partial charge in [0.25, 0.3) is 0 Å². The van der Waals surface area contributed by atoms with Crippen molar-refractivity contribution in [2.24, 2.45) is 5.92 Å². The van der Waals surface area contributed by atoms with Crippen molar-refractivity contribution in [3.63, 3.8) is 0 Å². The maximum absolute atomic E-state index is 11.6. The number of fused-ring (bicyclic) bond motifs is 1. The highest BCUT2D eigenvalue weighted by Gasteiger charge is 2.47. The van der Waals surface area contributed by atoms with Crippen molar-refractivity contribution in [1.82, 2.24) is 4.90 Å². The molecule has 3 unspecified atom stereocenters. The van der Waals surface area contributed by atoms with E-state index in [1.165, 1.54) is 18.4 Å². The van der Waals surface area contributed by atoms with Gasteiger partial charge in [-0.1, -0.05) is 12.8 Å². The minimum absolute atomic E-state index is 0.142. The molecule has 4 nitrogen and oxygen atoms in total. The van der Waals surface area contributed by atoms with E-state index >= 15 is 0 Å². The molecule has 0 aromatic heterocycles. The Balaban J connectivity index is 2.19. The van der Waals surface area contributed by atoms with E-state index in [4.69, 9.17) is 16.3 Å². The van der Waals surface area contributed by atoms with Crippen molar-refractivity contribution < 1.29 is 14.3 Å². The van der Waals surface area contributed by atoms with E-state index in [1.54, 1.807) is 0 Å². The molecule has 0 spiro atoms. The molecule has 1 aliphatic carbocycles. The Bertz CT molecular complexity index is 308. The first-order valence-electron chi connectivity index (χ1n) is 5.70. The average Bonchev–Trinajstić information content (AvgIpc) is 2.67. The molecule has 0 radical (unpaired) electrons. The third-order valence-electron chi connectivity index (χ3n) is 3.76. The van der Waals surface area contributed by atoms with Crippen LogP contribution in [0.2, 0.25) is 0 Å². The molecule has 0 aromatic carbocycles. The maximum Gasteiger partial charge on any atom is 0.328 e. The molecule has 0 bridgehead atoms. The van der Waals surface area contributed by atoms with Gasteiger partial charge in [0.2, 0.25) is 0 Å². The lowest BCUT2D eigenvalue weighted by Gasteiger charge is -2.31. The van der Waals surface area contributed by atoms with Gasteiger partial charge in [0.1, 0.15) is 6.04 Å². The number of carbonyl (C=O) groups is 2. The second-order valence-corrected chi connectivity index (χ2v) is 4.87. The maximum atomic E-state index is 11.6. The van der Waals surface area contributed by atoms with Crippen LogP contribution in [0.5, 0.6) is 0 Å². The van der Waals surface area contributed by atoms with E-state index in [1.807, 2.05) is 0 Å². The van der Waals surface area contributed by atoms with Gasteiger partial charge in [0.15, 0.2) is 0 Å². The largest absolute Gasteiger partial charge is 0.467 e. The summed E-state index contributed by atoms with van der Waals surface area (Å²) >= 11 is 5.58. The van der Waals surface area contributed by atoms with Crippen LogP contribution < -0.4 is 0 Å². The molecule has 90 valence electrons. The molecule has 16 heavy (non-hydrogen) atoms. The van der Waals surface area contributed by atoms with Crippen molar-refractivity contribution >= 4 is 22.9 Å². The normalized spacial score (nSPS) is 33.4. The number of nitrogens with zero attached hydrogens (tertiary/aromatic N) is 1. The summed E-state index contributed by atoms with van der Waals surface area (Å²) in [5.74, 6) is 0.0731. The van der Waals surface area contributed by atoms with E-state index in [2.05, 4.69) is 0 Å². The molecule has 1 saturated heterocycles. The van der Waals surface area contributed by atoms with Crippen molar-refractivity contribution in [2.45, 2.75) is 44.2 Å². The Morgan fingerprint density at radius 2 is 2.00 bits per heavy atom. The SMILES string of the molecule is COC(=O)C1CC2CCCCC2N1C(=O)Cl. The molecule has 2 fully saturated rings. The van der Waals surface area contributed by atoms with Crippen LogP contribution in [0, 0.1) is 5.92 Å². The van der Waals surface area contributed by atoms with Crippen LogP contribution in [-0.2, 0) is 9.53 Å². The van der Waals surface area contributed by atoms with Gasteiger partial charge in [-0.15, -0.1) is 0 Å². The molecular weight excluding hydrogens is 230 g/mol. The molecule has 1 saturated carbocycles. The number of ether oxygens (including phenoxy) is 1. The molecule has 1 heterocycles. The molecular formula is C11H16ClNO3. The first-order valence-corrected chi connectivity index (χ1v) is 6.08. The second kappa shape index (κ2) is 4.62. The standard InChI is InChI=1S/C11H16ClNO3/c1-16-10(14)9-6-7-4-2-3-5-8(7)13(9)11(12)15/h7-9H,2-6H2,1H3. The Kier molecular flexibility index (Phi) is 3.38. The second-order valence-electron chi connectivity index (χ2n) is 4.55. The summed E-state index contributed by atoms with van der Waals surface area (Å²) in [6.07, 6.45) is 5.03. The summed E-state index contributed by atoms with van der Waals surface area (Å²) in [5, 5.41) is -0.523. The molecule has 0 aromatic rings. The van der Waals surface area contributed by atoms with Crippen molar-refractivity contribution in [1.29, 1.82) is 0 Å². The van der Waals surface area contributed by atoms with Crippen LogP contribution in [0.3, 0.4) is 0 Å². The van der Waals surface area contributed by atoms with Gasteiger partial charge in [-0.05, 0) is 36.8 Å². The molecule has 2 rings (SSSR count). The van der Waals surface area contributed by atoms with Crippen LogP contribution in [0.4, 0.5) is 4.79 Å². The summed E-state index contributed by atoms with van der Waals surface area (Å²) in [7, 11) is 1.35. The summed E-state index contributed by atoms with van der Waals surface area (Å²) in [6.45, 7) is 0. The van der Waals surface area contributed by atoms with Gasteiger partial charge < -0.3 is 9.64 Å². The Hall–Kier alpha value is -0.770. The predicted molar refractivity (Wildman–Crippen MR) is 59.3 cm³/mol. The molecule has 3 atom stereocenters. The quantitative estimate of drug-likeness (QED) is 0.404. The fourth-order valence-electron chi connectivity index (χ4n) is 3.06. The summed E-state index contributed by atoms with van der Waals surface area (Å²) in [6, 6.07) is -0.328. The van der Waals surface area contributed by atoms with Gasteiger partial charge in [0, 0.05) is 6.04 Å². The molecule has 1 aliphatic heterocycles. The van der Waals surface area contributed by atoms with Crippen LogP contribution in [0.25, 0.3) is 0 Å². The van der Waals surface area contributed by atoms with Crippen LogP contribution >= 0.6 is 11.6 Å². The highest BCUT2D eigenvalue weighted by atomic mass is 35.5. The number of hydrogen-bond donors (Lipinski definition) is 0. The zero-order valence-electron chi connectivity index (χ0n) is 9.32. The number of methoxy groups -OCH3 is 1. The van der Waals surface area contributed by atoms with Gasteiger partial charge >= 0.3 is 11.3 Å². The third kappa shape index (κ3) is 1.90. The lowest BCUT2D eigenvalue weighted by molar-refractivity contribution is -0.145. The fourth-order valence-corrected chi connectivity index (χ4v) is 3.30. The van der Waals surface area contributed by atoms with Crippen LogP contribution in [0.15, 0.2) is 0 Å². The smallest absolute Gasteiger partial charge is 0.328 e. The zero-order chi connectivity index (χ0) is 11.7. The topological polar surface area (TPSA) is 46.6 Å². The highest BCUT2D eigenvalue weighted by molar-refractivity contribution is 6.63. The van der Waals surface area contributed by atoms with E-state index in [0.29, 0.717) is 12.3 Å². The number of likely N-dealkylation sites (tertiary alicyclic amines) is 1. The minimum Gasteiger partial charge on any atom is -0.467 e. The van der Waals surface area contributed by atoms with Gasteiger partial charge in [0.05, 0.1) is 7.11 Å². The fraction of sp³-hybridized carbons (Fsp3) is 0.818. The zero-order valence-corrected chi connectivity index (χ0v) is 10.1. The Labute approximate surface area is 99.9 Å². The highest BCUT2D eigenvalue weighted by Crippen LogP contribution is 2.40. The number of esters is 1. The first-order chi connectivity index (χ1) is 7.65. The number of hydrogen-bond acceptors (Lipinski definition) is 3. The number of carbonyl (C=O) groups excluding carboxylic acids is 2. The van der Waals surface area contributed by atoms with E-state index in [0.717, 1.165) is 19.3 Å². The summed E-state index contributed by atoms with van der Waals surface area (Å²) in [4.78, 5) is 24.5. The number of rotatable bonds is 1. The van der Waals surface area contributed by atoms with Crippen molar-refractivity contribution in [3.8, 4) is 0 Å². The number of halogens is 1. The first kappa shape index (κ1) is 11.7. The predicted octanol–water partition coefficient (Wildman–Crippen LogP) is 2.15. The van der Waals surface area contributed by atoms with Crippen molar-refractivity contribution in [2.75, 3.05) is 7.11 Å². The van der Waals surface area contributed by atoms with Gasteiger partial charge in [-0.2, -0.15) is 0 Å².